The molecule has 0 aliphatic carbocycles. The lowest BCUT2D eigenvalue weighted by atomic mass is 9.85. The van der Waals surface area contributed by atoms with Gasteiger partial charge in [0.25, 0.3) is 0 Å². The van der Waals surface area contributed by atoms with Crippen molar-refractivity contribution in [3.8, 4) is 27.9 Å². The van der Waals surface area contributed by atoms with Crippen LogP contribution in [0.5, 0.6) is 0 Å². The van der Waals surface area contributed by atoms with Gasteiger partial charge in [0.1, 0.15) is 0 Å². The molecule has 0 aliphatic heterocycles. The lowest BCUT2D eigenvalue weighted by Crippen LogP contribution is -2.10. The van der Waals surface area contributed by atoms with Crippen LogP contribution in [0.3, 0.4) is 0 Å². The first kappa shape index (κ1) is 28.7. The van der Waals surface area contributed by atoms with Crippen molar-refractivity contribution < 1.29 is 0 Å². The Balaban J connectivity index is 1.26. The molecule has 3 heterocycles. The first-order chi connectivity index (χ1) is 22.0. The third-order valence-corrected chi connectivity index (χ3v) is 10.5. The number of hydrogen-bond donors (Lipinski definition) is 0. The van der Waals surface area contributed by atoms with Gasteiger partial charge in [-0.3, -0.25) is 4.98 Å². The largest absolute Gasteiger partial charge is 0.309 e. The second-order valence-corrected chi connectivity index (χ2v) is 15.7. The summed E-state index contributed by atoms with van der Waals surface area (Å²) in [7, 11) is 0. The summed E-state index contributed by atoms with van der Waals surface area (Å²) < 4.78 is 4.95. The van der Waals surface area contributed by atoms with Gasteiger partial charge in [0.15, 0.2) is 0 Å². The van der Waals surface area contributed by atoms with E-state index in [1.165, 1.54) is 75.7 Å². The smallest absolute Gasteiger partial charge is 0.0888 e. The average molecular weight is 615 g/mol. The van der Waals surface area contributed by atoms with Crippen LogP contribution >= 0.6 is 11.3 Å². The molecule has 0 atom stereocenters. The van der Waals surface area contributed by atoms with Gasteiger partial charge >= 0.3 is 0 Å². The fourth-order valence-electron chi connectivity index (χ4n) is 6.71. The van der Waals surface area contributed by atoms with Crippen molar-refractivity contribution in [2.45, 2.75) is 52.4 Å². The fraction of sp³-hybridized carbons (Fsp3) is 0.186. The molecule has 0 amide bonds. The molecular weight excluding hydrogens is 577 g/mol. The summed E-state index contributed by atoms with van der Waals surface area (Å²) >= 11 is 1.81. The van der Waals surface area contributed by atoms with Crippen LogP contribution in [0.1, 0.15) is 52.7 Å². The third kappa shape index (κ3) is 4.82. The Morgan fingerprint density at radius 2 is 1.09 bits per heavy atom. The Morgan fingerprint density at radius 3 is 1.72 bits per heavy atom. The van der Waals surface area contributed by atoms with Gasteiger partial charge in [0.05, 0.1) is 21.3 Å². The van der Waals surface area contributed by atoms with Crippen LogP contribution in [0, 0.1) is 0 Å². The normalized spacial score (nSPS) is 12.6. The van der Waals surface area contributed by atoms with Crippen molar-refractivity contribution in [1.82, 2.24) is 9.55 Å². The fourth-order valence-corrected chi connectivity index (χ4v) is 7.76. The van der Waals surface area contributed by atoms with Gasteiger partial charge in [-0.15, -0.1) is 11.3 Å². The van der Waals surface area contributed by atoms with Gasteiger partial charge in [-0.1, -0.05) is 90.1 Å². The van der Waals surface area contributed by atoms with Crippen LogP contribution in [-0.4, -0.2) is 9.55 Å². The predicted molar refractivity (Wildman–Crippen MR) is 200 cm³/mol. The van der Waals surface area contributed by atoms with E-state index in [1.807, 2.05) is 12.3 Å². The monoisotopic (exact) mass is 614 g/mol. The van der Waals surface area contributed by atoms with E-state index < -0.39 is 0 Å². The topological polar surface area (TPSA) is 17.8 Å². The second-order valence-electron chi connectivity index (χ2n) is 14.6. The summed E-state index contributed by atoms with van der Waals surface area (Å²) in [5.41, 5.74) is 12.4. The van der Waals surface area contributed by atoms with E-state index in [1.54, 1.807) is 11.3 Å². The van der Waals surface area contributed by atoms with Gasteiger partial charge in [-0.05, 0) is 111 Å². The summed E-state index contributed by atoms with van der Waals surface area (Å²) in [6.07, 6.45) is 1.89. The Morgan fingerprint density at radius 1 is 0.500 bits per heavy atom. The highest BCUT2D eigenvalue weighted by Gasteiger charge is 2.21. The highest BCUT2D eigenvalue weighted by Crippen LogP contribution is 2.39. The Bertz CT molecular complexity index is 2370. The number of fused-ring (bicyclic) bond motifs is 6. The lowest BCUT2D eigenvalue weighted by molar-refractivity contribution is 0.590. The van der Waals surface area contributed by atoms with Crippen molar-refractivity contribution in [2.75, 3.05) is 0 Å². The van der Waals surface area contributed by atoms with E-state index in [2.05, 4.69) is 160 Å². The number of pyridine rings is 1. The van der Waals surface area contributed by atoms with Crippen molar-refractivity contribution in [3.05, 3.63) is 133 Å². The SMILES string of the molecule is CC(C)(C)c1ccc2c(c1)c1cc(C(C)(C)C)ccc1n2-c1cccc(-c2cccc(-c3ccc4sc5cccnc5c4c3)c2)c1. The van der Waals surface area contributed by atoms with Gasteiger partial charge in [-0.2, -0.15) is 0 Å². The first-order valence-electron chi connectivity index (χ1n) is 16.1. The zero-order chi connectivity index (χ0) is 31.8. The number of thiophene rings is 1. The molecule has 0 unspecified atom stereocenters. The molecule has 0 saturated heterocycles. The molecule has 5 aromatic carbocycles. The van der Waals surface area contributed by atoms with E-state index >= 15 is 0 Å². The number of aromatic nitrogens is 2. The molecule has 0 bridgehead atoms. The zero-order valence-corrected chi connectivity index (χ0v) is 28.2. The molecule has 3 aromatic heterocycles. The van der Waals surface area contributed by atoms with Crippen molar-refractivity contribution in [1.29, 1.82) is 0 Å². The number of benzene rings is 5. The van der Waals surface area contributed by atoms with Crippen LogP contribution in [0.25, 0.3) is 70.0 Å². The maximum absolute atomic E-state index is 4.69. The molecule has 0 aliphatic rings. The summed E-state index contributed by atoms with van der Waals surface area (Å²) in [6, 6.07) is 42.9. The van der Waals surface area contributed by atoms with Crippen LogP contribution in [-0.2, 0) is 10.8 Å². The minimum Gasteiger partial charge on any atom is -0.309 e. The second kappa shape index (κ2) is 10.4. The van der Waals surface area contributed by atoms with Crippen LogP contribution in [0.4, 0.5) is 0 Å². The van der Waals surface area contributed by atoms with Gasteiger partial charge in [0, 0.05) is 32.7 Å². The minimum absolute atomic E-state index is 0.0761. The summed E-state index contributed by atoms with van der Waals surface area (Å²) in [4.78, 5) is 4.69. The molecule has 46 heavy (non-hydrogen) atoms. The summed E-state index contributed by atoms with van der Waals surface area (Å²) in [5, 5.41) is 3.85. The van der Waals surface area contributed by atoms with E-state index in [4.69, 9.17) is 0 Å². The van der Waals surface area contributed by atoms with Crippen molar-refractivity contribution in [2.24, 2.45) is 0 Å². The zero-order valence-electron chi connectivity index (χ0n) is 27.3. The van der Waals surface area contributed by atoms with E-state index in [-0.39, 0.29) is 10.8 Å². The molecule has 3 heteroatoms. The average Bonchev–Trinajstić information content (AvgIpc) is 3.58. The molecule has 0 spiro atoms. The Kier molecular flexibility index (Phi) is 6.49. The molecule has 0 saturated carbocycles. The van der Waals surface area contributed by atoms with Crippen LogP contribution in [0.2, 0.25) is 0 Å². The van der Waals surface area contributed by atoms with Gasteiger partial charge in [-0.25, -0.2) is 0 Å². The standard InChI is InChI=1S/C43H38N2S/c1-42(2,3)31-16-18-37-34(25-31)35-26-32(43(4,5)6)17-19-38(35)45(37)33-13-8-12-29(23-33)27-10-7-11-28(22-27)30-15-20-39-36(24-30)41-40(46-39)14-9-21-44-41/h7-26H,1-6H3. The van der Waals surface area contributed by atoms with E-state index in [9.17, 15) is 0 Å². The van der Waals surface area contributed by atoms with Gasteiger partial charge < -0.3 is 4.57 Å². The molecule has 0 N–H and O–H groups in total. The molecule has 8 aromatic rings. The minimum atomic E-state index is 0.0761. The highest BCUT2D eigenvalue weighted by atomic mass is 32.1. The summed E-state index contributed by atoms with van der Waals surface area (Å²) in [5.74, 6) is 0. The third-order valence-electron chi connectivity index (χ3n) is 9.36. The van der Waals surface area contributed by atoms with E-state index in [0.29, 0.717) is 0 Å². The summed E-state index contributed by atoms with van der Waals surface area (Å²) in [6.45, 7) is 13.8. The maximum atomic E-state index is 4.69. The molecule has 2 nitrogen and oxygen atoms in total. The quantitative estimate of drug-likeness (QED) is 0.194. The van der Waals surface area contributed by atoms with Crippen molar-refractivity contribution in [3.63, 3.8) is 0 Å². The van der Waals surface area contributed by atoms with Crippen LogP contribution in [0.15, 0.2) is 121 Å². The highest BCUT2D eigenvalue weighted by molar-refractivity contribution is 7.25. The molecule has 0 radical (unpaired) electrons. The Labute approximate surface area is 275 Å². The van der Waals surface area contributed by atoms with Gasteiger partial charge in [0.2, 0.25) is 0 Å². The van der Waals surface area contributed by atoms with Crippen molar-refractivity contribution >= 4 is 53.4 Å². The van der Waals surface area contributed by atoms with E-state index in [0.717, 1.165) is 5.52 Å². The van der Waals surface area contributed by atoms with Crippen LogP contribution < -0.4 is 0 Å². The molecular formula is C43H38N2S. The number of rotatable bonds is 3. The maximum Gasteiger partial charge on any atom is 0.0888 e. The molecule has 226 valence electrons. The lowest BCUT2D eigenvalue weighted by Gasteiger charge is -2.19. The number of hydrogen-bond acceptors (Lipinski definition) is 2. The first-order valence-corrected chi connectivity index (χ1v) is 16.9. The predicted octanol–water partition coefficient (Wildman–Crippen LogP) is 12.5. The molecule has 0 fully saturated rings. The molecule has 8 rings (SSSR count). The number of nitrogens with zero attached hydrogens (tertiary/aromatic N) is 2. The Hall–Kier alpha value is -4.73.